The van der Waals surface area contributed by atoms with Gasteiger partial charge in [0, 0.05) is 25.9 Å². The van der Waals surface area contributed by atoms with Gasteiger partial charge in [0.05, 0.1) is 6.04 Å². The molecule has 4 amide bonds. The Morgan fingerprint density at radius 3 is 1.25 bits per heavy atom. The van der Waals surface area contributed by atoms with Gasteiger partial charge in [-0.25, -0.2) is 4.79 Å². The van der Waals surface area contributed by atoms with Crippen LogP contribution in [-0.2, 0) is 43.2 Å². The van der Waals surface area contributed by atoms with Crippen molar-refractivity contribution >= 4 is 41.5 Å². The molecule has 0 aliphatic heterocycles. The fourth-order valence-electron chi connectivity index (χ4n) is 5.71. The first-order valence-corrected chi connectivity index (χ1v) is 18.2. The Bertz CT molecular complexity index is 1770. The molecular weight excluding hydrogens is 718 g/mol. The number of aliphatic imine (C=N–C) groups is 2. The summed E-state index contributed by atoms with van der Waals surface area (Å²) < 4.78 is 0. The number of nitrogens with one attached hydrogen (secondary N) is 4. The van der Waals surface area contributed by atoms with Gasteiger partial charge < -0.3 is 55.0 Å². The first-order valence-electron chi connectivity index (χ1n) is 18.2. The summed E-state index contributed by atoms with van der Waals surface area (Å²) in [5, 5.41) is 20.7. The molecule has 0 aliphatic rings. The summed E-state index contributed by atoms with van der Waals surface area (Å²) in [4.78, 5) is 75.1. The highest BCUT2D eigenvalue weighted by molar-refractivity contribution is 5.95. The molecule has 300 valence electrons. The molecule has 0 heterocycles. The summed E-state index contributed by atoms with van der Waals surface area (Å²) in [5.41, 5.74) is 30.3. The lowest BCUT2D eigenvalue weighted by atomic mass is 10.0. The third-order valence-electron chi connectivity index (χ3n) is 8.60. The van der Waals surface area contributed by atoms with E-state index in [0.29, 0.717) is 17.5 Å². The molecule has 17 nitrogen and oxygen atoms in total. The van der Waals surface area contributed by atoms with E-state index in [0.717, 1.165) is 5.56 Å². The number of nitrogens with zero attached hydrogens (tertiary/aromatic N) is 2. The van der Waals surface area contributed by atoms with Crippen LogP contribution in [0, 0.1) is 0 Å². The number of carboxylic acids is 1. The summed E-state index contributed by atoms with van der Waals surface area (Å²) in [6.45, 7) is 0.302. The van der Waals surface area contributed by atoms with Crippen LogP contribution in [0.15, 0.2) is 101 Å². The molecule has 3 rings (SSSR count). The summed E-state index contributed by atoms with van der Waals surface area (Å²) in [6.07, 6.45) is 0.889. The lowest BCUT2D eigenvalue weighted by Crippen LogP contribution is -2.59. The second kappa shape index (κ2) is 23.3. The topological polar surface area (TPSA) is 309 Å². The number of hydrogen-bond acceptors (Lipinski definition) is 8. The number of carbonyl (C=O) groups excluding carboxylic acids is 4. The Balaban J connectivity index is 1.86. The van der Waals surface area contributed by atoms with Gasteiger partial charge in [-0.3, -0.25) is 29.2 Å². The van der Waals surface area contributed by atoms with Crippen molar-refractivity contribution in [3.8, 4) is 0 Å². The number of carboxylic acid groups (broad SMARTS) is 1. The molecule has 17 heteroatoms. The van der Waals surface area contributed by atoms with Gasteiger partial charge in [0.15, 0.2) is 11.9 Å². The lowest BCUT2D eigenvalue weighted by Gasteiger charge is -2.27. The van der Waals surface area contributed by atoms with Crippen LogP contribution in [0.1, 0.15) is 42.4 Å². The van der Waals surface area contributed by atoms with Gasteiger partial charge in [-0.05, 0) is 48.8 Å². The molecule has 0 unspecified atom stereocenters. The van der Waals surface area contributed by atoms with Gasteiger partial charge in [-0.1, -0.05) is 91.0 Å². The number of nitrogens with two attached hydrogens (primary N) is 5. The third-order valence-corrected chi connectivity index (χ3v) is 8.60. The number of amides is 4. The van der Waals surface area contributed by atoms with Crippen molar-refractivity contribution in [2.24, 2.45) is 38.7 Å². The van der Waals surface area contributed by atoms with Crippen molar-refractivity contribution in [1.82, 2.24) is 21.3 Å². The molecule has 0 fully saturated rings. The maximum Gasteiger partial charge on any atom is 0.326 e. The number of hydrogen-bond donors (Lipinski definition) is 10. The van der Waals surface area contributed by atoms with Crippen molar-refractivity contribution in [1.29, 1.82) is 0 Å². The smallest absolute Gasteiger partial charge is 0.326 e. The van der Waals surface area contributed by atoms with E-state index < -0.39 is 59.8 Å². The van der Waals surface area contributed by atoms with E-state index in [1.165, 1.54) is 0 Å². The standard InChI is InChI=1S/C39H53N11O6/c40-28(22-25-12-4-1-5-13-25)33(51)47-29(18-10-20-45-38(41)42)34(52)49-31(23-26-14-6-2-7-15-26)36(54)48-30(19-11-21-46-39(43)44)35(53)50-32(37(55)56)24-27-16-8-3-9-17-27/h1-9,12-17,28-32H,10-11,18-24,40H2,(H,47,51)(H,48,54)(H,49,52)(H,50,53)(H,55,56)(H4,41,42,45)(H4,43,44,46)/t28-,29-,30-,31-,32-/m0/s1. The van der Waals surface area contributed by atoms with E-state index in [1.807, 2.05) is 30.3 Å². The first kappa shape index (κ1) is 43.9. The molecule has 0 aliphatic carbocycles. The minimum Gasteiger partial charge on any atom is -0.480 e. The van der Waals surface area contributed by atoms with Crippen LogP contribution in [0.5, 0.6) is 0 Å². The highest BCUT2D eigenvalue weighted by Crippen LogP contribution is 2.10. The lowest BCUT2D eigenvalue weighted by molar-refractivity contribution is -0.142. The third kappa shape index (κ3) is 16.3. The van der Waals surface area contributed by atoms with Crippen molar-refractivity contribution < 1.29 is 29.1 Å². The molecule has 0 aromatic heterocycles. The number of aliphatic carboxylic acids is 1. The molecule has 3 aromatic carbocycles. The molecular formula is C39H53N11O6. The van der Waals surface area contributed by atoms with E-state index >= 15 is 0 Å². The fourth-order valence-corrected chi connectivity index (χ4v) is 5.71. The Morgan fingerprint density at radius 1 is 0.500 bits per heavy atom. The summed E-state index contributed by atoms with van der Waals surface area (Å²) in [5.74, 6) is -4.31. The van der Waals surface area contributed by atoms with E-state index in [-0.39, 0.29) is 63.5 Å². The number of rotatable bonds is 23. The van der Waals surface area contributed by atoms with Crippen LogP contribution in [0.25, 0.3) is 0 Å². The second-order valence-corrected chi connectivity index (χ2v) is 13.2. The van der Waals surface area contributed by atoms with Gasteiger partial charge in [0.25, 0.3) is 0 Å². The van der Waals surface area contributed by atoms with Crippen molar-refractivity contribution in [3.63, 3.8) is 0 Å². The molecule has 0 radical (unpaired) electrons. The summed E-state index contributed by atoms with van der Waals surface area (Å²) in [6, 6.07) is 20.9. The fraction of sp³-hybridized carbons (Fsp3) is 0.359. The van der Waals surface area contributed by atoms with Gasteiger partial charge in [-0.15, -0.1) is 0 Å². The largest absolute Gasteiger partial charge is 0.480 e. The monoisotopic (exact) mass is 771 g/mol. The normalized spacial score (nSPS) is 13.4. The number of benzene rings is 3. The summed E-state index contributed by atoms with van der Waals surface area (Å²) in [7, 11) is 0. The zero-order valence-electron chi connectivity index (χ0n) is 31.2. The van der Waals surface area contributed by atoms with Crippen molar-refractivity contribution in [2.45, 2.75) is 75.2 Å². The maximum absolute atomic E-state index is 14.1. The quantitative estimate of drug-likeness (QED) is 0.0322. The molecule has 56 heavy (non-hydrogen) atoms. The van der Waals surface area contributed by atoms with Crippen molar-refractivity contribution in [2.75, 3.05) is 13.1 Å². The predicted octanol–water partition coefficient (Wildman–Crippen LogP) is -0.827. The molecule has 0 spiro atoms. The van der Waals surface area contributed by atoms with Gasteiger partial charge >= 0.3 is 5.97 Å². The minimum absolute atomic E-state index is 0.00539. The van der Waals surface area contributed by atoms with Crippen LogP contribution in [0.3, 0.4) is 0 Å². The predicted molar refractivity (Wildman–Crippen MR) is 214 cm³/mol. The first-order chi connectivity index (χ1) is 26.8. The van der Waals surface area contributed by atoms with Crippen LogP contribution in [-0.4, -0.2) is 89.9 Å². The van der Waals surface area contributed by atoms with Crippen LogP contribution >= 0.6 is 0 Å². The van der Waals surface area contributed by atoms with Gasteiger partial charge in [0.1, 0.15) is 24.2 Å². The number of guanidine groups is 2. The Morgan fingerprint density at radius 2 is 0.839 bits per heavy atom. The Kier molecular flexibility index (Phi) is 18.3. The molecule has 3 aromatic rings. The highest BCUT2D eigenvalue weighted by Gasteiger charge is 2.32. The molecule has 0 saturated carbocycles. The SMILES string of the molecule is NC(N)=NCCC[C@H](NC(=O)[C@H](Cc1ccccc1)NC(=O)[C@H](CCCN=C(N)N)NC(=O)[C@@H](N)Cc1ccccc1)C(=O)N[C@@H](Cc1ccccc1)C(=O)O. The van der Waals surface area contributed by atoms with Crippen LogP contribution < -0.4 is 49.9 Å². The van der Waals surface area contributed by atoms with Crippen LogP contribution in [0.4, 0.5) is 0 Å². The molecule has 15 N–H and O–H groups in total. The second-order valence-electron chi connectivity index (χ2n) is 13.2. The zero-order valence-corrected chi connectivity index (χ0v) is 31.2. The summed E-state index contributed by atoms with van der Waals surface area (Å²) >= 11 is 0. The molecule has 0 bridgehead atoms. The van der Waals surface area contributed by atoms with E-state index in [4.69, 9.17) is 28.7 Å². The van der Waals surface area contributed by atoms with Gasteiger partial charge in [0.2, 0.25) is 23.6 Å². The minimum atomic E-state index is -1.31. The molecule has 5 atom stereocenters. The van der Waals surface area contributed by atoms with Crippen LogP contribution in [0.2, 0.25) is 0 Å². The van der Waals surface area contributed by atoms with Gasteiger partial charge in [-0.2, -0.15) is 0 Å². The Hall–Kier alpha value is -6.49. The highest BCUT2D eigenvalue weighted by atomic mass is 16.4. The van der Waals surface area contributed by atoms with E-state index in [9.17, 15) is 29.1 Å². The van der Waals surface area contributed by atoms with E-state index in [1.54, 1.807) is 60.7 Å². The zero-order chi connectivity index (χ0) is 40.9. The Labute approximate surface area is 326 Å². The maximum atomic E-state index is 14.1. The average Bonchev–Trinajstić information content (AvgIpc) is 3.17. The van der Waals surface area contributed by atoms with E-state index in [2.05, 4.69) is 31.3 Å². The average molecular weight is 772 g/mol. The molecule has 0 saturated heterocycles. The van der Waals surface area contributed by atoms with Crippen molar-refractivity contribution in [3.05, 3.63) is 108 Å². The number of carbonyl (C=O) groups is 5.